The average Bonchev–Trinajstić information content (AvgIpc) is 3.18. The molecule has 0 bridgehead atoms. The van der Waals surface area contributed by atoms with Gasteiger partial charge in [-0.05, 0) is 61.8 Å². The van der Waals surface area contributed by atoms with Gasteiger partial charge in [0.2, 0.25) is 15.9 Å². The van der Waals surface area contributed by atoms with Gasteiger partial charge in [0, 0.05) is 28.0 Å². The van der Waals surface area contributed by atoms with E-state index in [9.17, 15) is 18.0 Å². The monoisotopic (exact) mass is 544 g/mol. The molecule has 0 spiro atoms. The first-order valence-corrected chi connectivity index (χ1v) is 14.3. The van der Waals surface area contributed by atoms with Gasteiger partial charge in [0.05, 0.1) is 24.3 Å². The van der Waals surface area contributed by atoms with E-state index in [1.807, 2.05) is 0 Å². The highest BCUT2D eigenvalue weighted by molar-refractivity contribution is 7.88. The number of piperidine rings is 1. The van der Waals surface area contributed by atoms with Crippen molar-refractivity contribution in [3.05, 3.63) is 49.8 Å². The van der Waals surface area contributed by atoms with Crippen LogP contribution < -0.4 is 5.32 Å². The van der Waals surface area contributed by atoms with E-state index in [2.05, 4.69) is 5.32 Å². The number of sulfonamides is 1. The quantitative estimate of drug-likeness (QED) is 0.522. The first kappa shape index (κ1) is 25.4. The molecule has 34 heavy (non-hydrogen) atoms. The summed E-state index contributed by atoms with van der Waals surface area (Å²) in [6.45, 7) is 0.427. The number of carbonyl (C=O) groups is 2. The van der Waals surface area contributed by atoms with Crippen LogP contribution >= 0.6 is 34.5 Å². The molecule has 11 heteroatoms. The predicted molar refractivity (Wildman–Crippen MR) is 134 cm³/mol. The number of amides is 1. The minimum absolute atomic E-state index is 0.0814. The predicted octanol–water partition coefficient (Wildman–Crippen LogP) is 4.90. The molecule has 1 amide bonds. The van der Waals surface area contributed by atoms with Crippen LogP contribution in [-0.2, 0) is 38.1 Å². The zero-order valence-corrected chi connectivity index (χ0v) is 21.9. The zero-order valence-electron chi connectivity index (χ0n) is 18.7. The lowest BCUT2D eigenvalue weighted by Crippen LogP contribution is -2.44. The Bertz CT molecular complexity index is 1210. The molecule has 1 atom stereocenters. The van der Waals surface area contributed by atoms with Crippen LogP contribution in [0.25, 0.3) is 0 Å². The van der Waals surface area contributed by atoms with Crippen molar-refractivity contribution >= 4 is 61.4 Å². The third-order valence-electron chi connectivity index (χ3n) is 6.30. The highest BCUT2D eigenvalue weighted by Gasteiger charge is 2.34. The molecule has 2 aliphatic rings. The van der Waals surface area contributed by atoms with Crippen molar-refractivity contribution in [2.45, 2.75) is 44.3 Å². The summed E-state index contributed by atoms with van der Waals surface area (Å²) in [5, 5.41) is 4.13. The van der Waals surface area contributed by atoms with Gasteiger partial charge in [-0.2, -0.15) is 0 Å². The molecule has 0 radical (unpaired) electrons. The maximum atomic E-state index is 13.2. The number of hydrogen-bond acceptors (Lipinski definition) is 6. The first-order chi connectivity index (χ1) is 16.2. The SMILES string of the molecule is COC(=O)c1c(NC(=O)[C@H]2CCCN(S(=O)(=O)Cc3ccc(Cl)cc3Cl)C2)sc2c1CCCC2. The Kier molecular flexibility index (Phi) is 7.89. The van der Waals surface area contributed by atoms with Gasteiger partial charge >= 0.3 is 5.97 Å². The van der Waals surface area contributed by atoms with Gasteiger partial charge in [0.15, 0.2) is 0 Å². The lowest BCUT2D eigenvalue weighted by atomic mass is 9.95. The molecule has 2 aromatic rings. The van der Waals surface area contributed by atoms with Gasteiger partial charge < -0.3 is 10.1 Å². The van der Waals surface area contributed by atoms with Crippen molar-refractivity contribution in [3.63, 3.8) is 0 Å². The van der Waals surface area contributed by atoms with Gasteiger partial charge in [-0.15, -0.1) is 11.3 Å². The Hall–Kier alpha value is -1.65. The van der Waals surface area contributed by atoms with Crippen LogP contribution in [0, 0.1) is 5.92 Å². The summed E-state index contributed by atoms with van der Waals surface area (Å²) in [6, 6.07) is 4.72. The number of hydrogen-bond donors (Lipinski definition) is 1. The number of anilines is 1. The van der Waals surface area contributed by atoms with Crippen LogP contribution in [0.2, 0.25) is 10.0 Å². The highest BCUT2D eigenvalue weighted by atomic mass is 35.5. The van der Waals surface area contributed by atoms with Gasteiger partial charge in [-0.3, -0.25) is 4.79 Å². The van der Waals surface area contributed by atoms with Crippen molar-refractivity contribution in [2.24, 2.45) is 5.92 Å². The van der Waals surface area contributed by atoms with Crippen molar-refractivity contribution in [2.75, 3.05) is 25.5 Å². The number of halogens is 2. The van der Waals surface area contributed by atoms with Crippen molar-refractivity contribution < 1.29 is 22.7 Å². The number of thiophene rings is 1. The van der Waals surface area contributed by atoms with Gasteiger partial charge in [-0.1, -0.05) is 29.3 Å². The molecule has 7 nitrogen and oxygen atoms in total. The van der Waals surface area contributed by atoms with Crippen molar-refractivity contribution in [1.29, 1.82) is 0 Å². The van der Waals surface area contributed by atoms with E-state index in [-0.39, 0.29) is 18.2 Å². The number of nitrogens with one attached hydrogen (secondary N) is 1. The molecular weight excluding hydrogens is 519 g/mol. The Morgan fingerprint density at radius 3 is 2.71 bits per heavy atom. The maximum absolute atomic E-state index is 13.2. The van der Waals surface area contributed by atoms with E-state index in [4.69, 9.17) is 27.9 Å². The van der Waals surface area contributed by atoms with E-state index in [0.717, 1.165) is 36.1 Å². The van der Waals surface area contributed by atoms with Crippen LogP contribution in [-0.4, -0.2) is 44.8 Å². The normalized spacial score (nSPS) is 18.9. The molecule has 1 aromatic carbocycles. The fourth-order valence-electron chi connectivity index (χ4n) is 4.52. The minimum atomic E-state index is -3.68. The number of nitrogens with zero attached hydrogens (tertiary/aromatic N) is 1. The number of benzene rings is 1. The largest absolute Gasteiger partial charge is 0.465 e. The summed E-state index contributed by atoms with van der Waals surface area (Å²) < 4.78 is 32.5. The Balaban J connectivity index is 1.49. The molecule has 0 saturated carbocycles. The first-order valence-electron chi connectivity index (χ1n) is 11.1. The molecule has 1 aliphatic heterocycles. The molecule has 4 rings (SSSR count). The Morgan fingerprint density at radius 2 is 1.97 bits per heavy atom. The third kappa shape index (κ3) is 5.44. The standard InChI is InChI=1S/C23H26Cl2N2O5S2/c1-32-23(29)20-17-6-2-3-7-19(17)33-22(20)26-21(28)14-5-4-10-27(12-14)34(30,31)13-15-8-9-16(24)11-18(15)25/h8-9,11,14H,2-7,10,12-13H2,1H3,(H,26,28)/t14-/m0/s1. The fourth-order valence-corrected chi connectivity index (χ4v) is 8.00. The average molecular weight is 546 g/mol. The second kappa shape index (κ2) is 10.5. The number of esters is 1. The van der Waals surface area contributed by atoms with Crippen LogP contribution in [0.4, 0.5) is 5.00 Å². The summed E-state index contributed by atoms with van der Waals surface area (Å²) in [7, 11) is -2.35. The van der Waals surface area contributed by atoms with E-state index in [1.54, 1.807) is 12.1 Å². The molecule has 0 unspecified atom stereocenters. The number of aryl methyl sites for hydroxylation is 1. The molecule has 1 N–H and O–H groups in total. The summed E-state index contributed by atoms with van der Waals surface area (Å²) in [5.41, 5.74) is 1.86. The molecule has 184 valence electrons. The molecule has 2 heterocycles. The second-order valence-corrected chi connectivity index (χ2v) is 12.5. The molecule has 1 saturated heterocycles. The maximum Gasteiger partial charge on any atom is 0.341 e. The lowest BCUT2D eigenvalue weighted by Gasteiger charge is -2.31. The van der Waals surface area contributed by atoms with Crippen molar-refractivity contribution in [1.82, 2.24) is 4.31 Å². The minimum Gasteiger partial charge on any atom is -0.465 e. The third-order valence-corrected chi connectivity index (χ3v) is 9.89. The fraction of sp³-hybridized carbons (Fsp3) is 0.478. The smallest absolute Gasteiger partial charge is 0.341 e. The van der Waals surface area contributed by atoms with Gasteiger partial charge in [0.1, 0.15) is 5.00 Å². The summed E-state index contributed by atoms with van der Waals surface area (Å²) >= 11 is 13.5. The van der Waals surface area contributed by atoms with Crippen molar-refractivity contribution in [3.8, 4) is 0 Å². The van der Waals surface area contributed by atoms with Crippen LogP contribution in [0.3, 0.4) is 0 Å². The zero-order chi connectivity index (χ0) is 24.5. The summed E-state index contributed by atoms with van der Waals surface area (Å²) in [5.74, 6) is -1.52. The van der Waals surface area contributed by atoms with E-state index < -0.39 is 21.9 Å². The van der Waals surface area contributed by atoms with Crippen LogP contribution in [0.5, 0.6) is 0 Å². The Morgan fingerprint density at radius 1 is 1.21 bits per heavy atom. The van der Waals surface area contributed by atoms with Crippen LogP contribution in [0.1, 0.15) is 52.0 Å². The molecule has 1 aliphatic carbocycles. The lowest BCUT2D eigenvalue weighted by molar-refractivity contribution is -0.120. The summed E-state index contributed by atoms with van der Waals surface area (Å²) in [4.78, 5) is 26.7. The number of carbonyl (C=O) groups excluding carboxylic acids is 2. The van der Waals surface area contributed by atoms with E-state index >= 15 is 0 Å². The van der Waals surface area contributed by atoms with Gasteiger partial charge in [-0.25, -0.2) is 17.5 Å². The number of fused-ring (bicyclic) bond motifs is 1. The second-order valence-electron chi connectivity index (χ2n) is 8.58. The highest BCUT2D eigenvalue weighted by Crippen LogP contribution is 2.39. The molecule has 1 aromatic heterocycles. The Labute approximate surface area is 213 Å². The topological polar surface area (TPSA) is 92.8 Å². The van der Waals surface area contributed by atoms with Crippen LogP contribution in [0.15, 0.2) is 18.2 Å². The number of ether oxygens (including phenoxy) is 1. The number of methoxy groups -OCH3 is 1. The van der Waals surface area contributed by atoms with E-state index in [0.29, 0.717) is 45.6 Å². The van der Waals surface area contributed by atoms with E-state index in [1.165, 1.54) is 28.8 Å². The summed E-state index contributed by atoms with van der Waals surface area (Å²) in [6.07, 6.45) is 4.84. The molecular formula is C23H26Cl2N2O5S2. The van der Waals surface area contributed by atoms with Gasteiger partial charge in [0.25, 0.3) is 0 Å². The number of rotatable bonds is 6. The molecule has 1 fully saturated rings.